The Morgan fingerprint density at radius 1 is 1.45 bits per heavy atom. The molecule has 1 aliphatic heterocycles. The molecule has 2 unspecified atom stereocenters. The van der Waals surface area contributed by atoms with Crippen molar-refractivity contribution in [2.24, 2.45) is 5.73 Å². The Kier molecular flexibility index (Phi) is 4.78. The SMILES string of the molecule is CC1(C)CC(NC(=O)C(CN)c2ccccc2)CCO1. The fourth-order valence-electron chi connectivity index (χ4n) is 2.74. The zero-order valence-corrected chi connectivity index (χ0v) is 12.3. The van der Waals surface area contributed by atoms with E-state index in [0.717, 1.165) is 18.4 Å². The van der Waals surface area contributed by atoms with Crippen LogP contribution >= 0.6 is 0 Å². The summed E-state index contributed by atoms with van der Waals surface area (Å²) in [4.78, 5) is 12.4. The lowest BCUT2D eigenvalue weighted by molar-refractivity contribution is -0.125. The van der Waals surface area contributed by atoms with Crippen LogP contribution in [0, 0.1) is 0 Å². The van der Waals surface area contributed by atoms with Crippen molar-refractivity contribution in [3.8, 4) is 0 Å². The Hall–Kier alpha value is -1.39. The van der Waals surface area contributed by atoms with Crippen molar-refractivity contribution in [1.29, 1.82) is 0 Å². The molecule has 0 radical (unpaired) electrons. The number of carbonyl (C=O) groups excluding carboxylic acids is 1. The summed E-state index contributed by atoms with van der Waals surface area (Å²) < 4.78 is 5.67. The average molecular weight is 276 g/mol. The van der Waals surface area contributed by atoms with Crippen molar-refractivity contribution in [1.82, 2.24) is 5.32 Å². The van der Waals surface area contributed by atoms with Gasteiger partial charge in [-0.3, -0.25) is 4.79 Å². The highest BCUT2D eigenvalue weighted by atomic mass is 16.5. The summed E-state index contributed by atoms with van der Waals surface area (Å²) in [5.41, 5.74) is 6.58. The Morgan fingerprint density at radius 3 is 2.75 bits per heavy atom. The number of nitrogens with two attached hydrogens (primary N) is 1. The van der Waals surface area contributed by atoms with E-state index in [4.69, 9.17) is 10.5 Å². The first-order valence-corrected chi connectivity index (χ1v) is 7.21. The molecule has 0 bridgehead atoms. The van der Waals surface area contributed by atoms with Gasteiger partial charge in [-0.1, -0.05) is 30.3 Å². The van der Waals surface area contributed by atoms with Crippen molar-refractivity contribution in [3.05, 3.63) is 35.9 Å². The zero-order valence-electron chi connectivity index (χ0n) is 12.3. The zero-order chi connectivity index (χ0) is 14.6. The van der Waals surface area contributed by atoms with E-state index in [2.05, 4.69) is 19.2 Å². The second kappa shape index (κ2) is 6.37. The summed E-state index contributed by atoms with van der Waals surface area (Å²) in [7, 11) is 0. The first-order chi connectivity index (χ1) is 9.52. The third-order valence-electron chi connectivity index (χ3n) is 3.80. The molecule has 1 fully saturated rings. The van der Waals surface area contributed by atoms with Gasteiger partial charge in [0.15, 0.2) is 0 Å². The maximum absolute atomic E-state index is 12.4. The summed E-state index contributed by atoms with van der Waals surface area (Å²) in [5, 5.41) is 3.13. The molecule has 0 aromatic heterocycles. The monoisotopic (exact) mass is 276 g/mol. The molecule has 1 heterocycles. The van der Waals surface area contributed by atoms with Crippen molar-refractivity contribution < 1.29 is 9.53 Å². The minimum atomic E-state index is -0.276. The lowest BCUT2D eigenvalue weighted by Crippen LogP contribution is -2.47. The standard InChI is InChI=1S/C16H24N2O2/c1-16(2)10-13(8-9-20-16)18-15(19)14(11-17)12-6-4-3-5-7-12/h3-7,13-14H,8-11,17H2,1-2H3,(H,18,19). The van der Waals surface area contributed by atoms with Gasteiger partial charge >= 0.3 is 0 Å². The predicted octanol–water partition coefficient (Wildman–Crippen LogP) is 1.80. The Balaban J connectivity index is 1.99. The molecular weight excluding hydrogens is 252 g/mol. The molecule has 0 spiro atoms. The Bertz CT molecular complexity index is 445. The molecule has 1 aliphatic rings. The lowest BCUT2D eigenvalue weighted by atomic mass is 9.92. The third-order valence-corrected chi connectivity index (χ3v) is 3.80. The van der Waals surface area contributed by atoms with Crippen LogP contribution in [-0.4, -0.2) is 30.7 Å². The minimum Gasteiger partial charge on any atom is -0.375 e. The minimum absolute atomic E-state index is 0.0152. The maximum atomic E-state index is 12.4. The molecule has 1 aromatic carbocycles. The van der Waals surface area contributed by atoms with Gasteiger partial charge in [-0.25, -0.2) is 0 Å². The smallest absolute Gasteiger partial charge is 0.229 e. The fourth-order valence-corrected chi connectivity index (χ4v) is 2.74. The van der Waals surface area contributed by atoms with Gasteiger partial charge in [0.05, 0.1) is 11.5 Å². The highest BCUT2D eigenvalue weighted by Gasteiger charge is 2.31. The van der Waals surface area contributed by atoms with Crippen molar-refractivity contribution in [2.75, 3.05) is 13.2 Å². The van der Waals surface area contributed by atoms with Crippen LogP contribution in [-0.2, 0) is 9.53 Å². The van der Waals surface area contributed by atoms with Gasteiger partial charge in [-0.15, -0.1) is 0 Å². The molecule has 20 heavy (non-hydrogen) atoms. The summed E-state index contributed by atoms with van der Waals surface area (Å²) in [5.74, 6) is -0.261. The molecule has 110 valence electrons. The van der Waals surface area contributed by atoms with Crippen LogP contribution in [0.15, 0.2) is 30.3 Å². The number of amides is 1. The highest BCUT2D eigenvalue weighted by Crippen LogP contribution is 2.24. The molecule has 2 atom stereocenters. The predicted molar refractivity (Wildman–Crippen MR) is 79.4 cm³/mol. The molecule has 0 aliphatic carbocycles. The summed E-state index contributed by atoms with van der Waals surface area (Å²) in [6.07, 6.45) is 1.70. The number of rotatable bonds is 4. The Morgan fingerprint density at radius 2 is 2.15 bits per heavy atom. The van der Waals surface area contributed by atoms with Crippen LogP contribution in [0.3, 0.4) is 0 Å². The molecule has 2 rings (SSSR count). The van der Waals surface area contributed by atoms with E-state index in [9.17, 15) is 4.79 Å². The van der Waals surface area contributed by atoms with Gasteiger partial charge in [0.1, 0.15) is 0 Å². The maximum Gasteiger partial charge on any atom is 0.229 e. The molecule has 4 nitrogen and oxygen atoms in total. The van der Waals surface area contributed by atoms with E-state index < -0.39 is 0 Å². The van der Waals surface area contributed by atoms with E-state index in [-0.39, 0.29) is 23.5 Å². The number of hydrogen-bond acceptors (Lipinski definition) is 3. The van der Waals surface area contributed by atoms with Crippen LogP contribution in [0.5, 0.6) is 0 Å². The molecule has 0 saturated carbocycles. The van der Waals surface area contributed by atoms with Gasteiger partial charge in [-0.05, 0) is 32.3 Å². The van der Waals surface area contributed by atoms with E-state index in [1.54, 1.807) is 0 Å². The molecule has 4 heteroatoms. The van der Waals surface area contributed by atoms with Crippen LogP contribution in [0.25, 0.3) is 0 Å². The lowest BCUT2D eigenvalue weighted by Gasteiger charge is -2.36. The quantitative estimate of drug-likeness (QED) is 0.881. The number of ether oxygens (including phenoxy) is 1. The summed E-state index contributed by atoms with van der Waals surface area (Å²) >= 11 is 0. The van der Waals surface area contributed by atoms with Crippen molar-refractivity contribution in [3.63, 3.8) is 0 Å². The average Bonchev–Trinajstić information content (AvgIpc) is 2.39. The van der Waals surface area contributed by atoms with Crippen LogP contribution in [0.2, 0.25) is 0 Å². The fraction of sp³-hybridized carbons (Fsp3) is 0.562. The molecular formula is C16H24N2O2. The summed E-state index contributed by atoms with van der Waals surface area (Å²) in [6, 6.07) is 9.88. The number of nitrogens with one attached hydrogen (secondary N) is 1. The van der Waals surface area contributed by atoms with E-state index in [1.807, 2.05) is 30.3 Å². The number of benzene rings is 1. The number of hydrogen-bond donors (Lipinski definition) is 2. The second-order valence-corrected chi connectivity index (χ2v) is 6.01. The van der Waals surface area contributed by atoms with Crippen LogP contribution < -0.4 is 11.1 Å². The molecule has 3 N–H and O–H groups in total. The van der Waals surface area contributed by atoms with Gasteiger partial charge in [0.25, 0.3) is 0 Å². The van der Waals surface area contributed by atoms with Gasteiger partial charge in [0, 0.05) is 19.2 Å². The largest absolute Gasteiger partial charge is 0.375 e. The highest BCUT2D eigenvalue weighted by molar-refractivity contribution is 5.84. The first kappa shape index (κ1) is 15.0. The van der Waals surface area contributed by atoms with Crippen molar-refractivity contribution in [2.45, 2.75) is 44.2 Å². The first-order valence-electron chi connectivity index (χ1n) is 7.21. The summed E-state index contributed by atoms with van der Waals surface area (Å²) in [6.45, 7) is 5.13. The van der Waals surface area contributed by atoms with Crippen LogP contribution in [0.4, 0.5) is 0 Å². The Labute approximate surface area is 120 Å². The molecule has 1 aromatic rings. The van der Waals surface area contributed by atoms with Crippen molar-refractivity contribution >= 4 is 5.91 Å². The van der Waals surface area contributed by atoms with E-state index in [1.165, 1.54) is 0 Å². The second-order valence-electron chi connectivity index (χ2n) is 6.01. The topological polar surface area (TPSA) is 64.4 Å². The van der Waals surface area contributed by atoms with Gasteiger partial charge < -0.3 is 15.8 Å². The van der Waals surface area contributed by atoms with Gasteiger partial charge in [-0.2, -0.15) is 0 Å². The van der Waals surface area contributed by atoms with E-state index >= 15 is 0 Å². The van der Waals surface area contributed by atoms with Crippen LogP contribution in [0.1, 0.15) is 38.2 Å². The number of carbonyl (C=O) groups is 1. The normalized spacial score (nSPS) is 23.1. The molecule has 1 amide bonds. The van der Waals surface area contributed by atoms with Gasteiger partial charge in [0.2, 0.25) is 5.91 Å². The third kappa shape index (κ3) is 3.81. The molecule has 1 saturated heterocycles. The van der Waals surface area contributed by atoms with E-state index in [0.29, 0.717) is 13.2 Å².